The van der Waals surface area contributed by atoms with Crippen molar-refractivity contribution in [1.29, 1.82) is 10.8 Å². The molecule has 0 saturated heterocycles. The molecule has 15 heavy (non-hydrogen) atoms. The normalized spacial score (nSPS) is 4.67. The fourth-order valence-corrected chi connectivity index (χ4v) is 0. The first-order valence-corrected chi connectivity index (χ1v) is 3.98. The second kappa shape index (κ2) is 129. The van der Waals surface area contributed by atoms with Crippen LogP contribution >= 0.6 is 0 Å². The Kier molecular flexibility index (Phi) is 252. The van der Waals surface area contributed by atoms with Gasteiger partial charge in [-0.05, 0) is 20.8 Å². The molecule has 0 atom stereocenters. The Morgan fingerprint density at radius 3 is 0.800 bits per heavy atom. The summed E-state index contributed by atoms with van der Waals surface area (Å²) in [7, 11) is 0. The molecule has 0 aromatic rings. The zero-order valence-electron chi connectivity index (χ0n) is 9.28. The van der Waals surface area contributed by atoms with E-state index in [1.165, 1.54) is 0 Å². The number of carbonyl (C=O) groups excluding carboxylic acids is 2. The van der Waals surface area contributed by atoms with Gasteiger partial charge < -0.3 is 15.3 Å². The summed E-state index contributed by atoms with van der Waals surface area (Å²) in [4.78, 5) is 16.7. The predicted octanol–water partition coefficient (Wildman–Crippen LogP) is -0.202. The summed E-state index contributed by atoms with van der Waals surface area (Å²) >= 11 is 0. The Morgan fingerprint density at radius 1 is 0.800 bits per heavy atom. The van der Waals surface area contributed by atoms with Gasteiger partial charge in [0.15, 0.2) is 0 Å². The highest BCUT2D eigenvalue weighted by Crippen LogP contribution is 1.30. The maximum atomic E-state index is 8.35. The molecule has 7 nitrogen and oxygen atoms in total. The van der Waals surface area contributed by atoms with Crippen molar-refractivity contribution in [1.82, 2.24) is 0 Å². The van der Waals surface area contributed by atoms with Crippen molar-refractivity contribution in [2.24, 2.45) is 0 Å². The van der Waals surface area contributed by atoms with Gasteiger partial charge in [0.05, 0.1) is 0 Å². The van der Waals surface area contributed by atoms with Gasteiger partial charge in [0.25, 0.3) is 0 Å². The highest BCUT2D eigenvalue weighted by Gasteiger charge is 1.35. The van der Waals surface area contributed by atoms with Gasteiger partial charge in [-0.1, -0.05) is 0 Å². The molecule has 0 bridgehead atoms. The van der Waals surface area contributed by atoms with E-state index in [1.54, 1.807) is 20.8 Å². The lowest BCUT2D eigenvalue weighted by Gasteiger charge is -1.52. The van der Waals surface area contributed by atoms with Crippen LogP contribution in [0.15, 0.2) is 0 Å². The number of hydrogen-bond donors (Lipinski definition) is 5. The quantitative estimate of drug-likeness (QED) is 0.286. The van der Waals surface area contributed by atoms with E-state index >= 15 is 0 Å². The summed E-state index contributed by atoms with van der Waals surface area (Å²) in [6, 6.07) is 0. The van der Waals surface area contributed by atoms with Gasteiger partial charge in [-0.2, -0.15) is 0 Å². The average Bonchev–Trinajstić information content (AvgIpc) is 2.09. The molecule has 0 rings (SSSR count). The van der Waals surface area contributed by atoms with Crippen LogP contribution in [0.3, 0.4) is 0 Å². The largest absolute Gasteiger partial charge is 0.397 e. The Morgan fingerprint density at radius 2 is 0.800 bits per heavy atom. The summed E-state index contributed by atoms with van der Waals surface area (Å²) in [6.07, 6.45) is 1.50. The Bertz CT molecular complexity index is 101. The molecule has 0 spiro atoms. The van der Waals surface area contributed by atoms with Crippen LogP contribution in [-0.4, -0.2) is 47.3 Å². The van der Waals surface area contributed by atoms with E-state index in [2.05, 4.69) is 0 Å². The van der Waals surface area contributed by atoms with Gasteiger partial charge in [0, 0.05) is 19.8 Å². The topological polar surface area (TPSA) is 143 Å². The van der Waals surface area contributed by atoms with Crippen molar-refractivity contribution >= 4 is 12.2 Å². The van der Waals surface area contributed by atoms with Crippen LogP contribution in [-0.2, 0) is 9.59 Å². The molecule has 5 N–H and O–H groups in total. The molecule has 0 aliphatic heterocycles. The molecule has 92 valence electrons. The second-order valence-electron chi connectivity index (χ2n) is 1.15. The molecule has 7 heteroatoms. The van der Waals surface area contributed by atoms with Crippen LogP contribution in [0.2, 0.25) is 0 Å². The van der Waals surface area contributed by atoms with Crippen LogP contribution in [0, 0.1) is 10.8 Å². The van der Waals surface area contributed by atoms with E-state index in [1.807, 2.05) is 0 Å². The first-order chi connectivity index (χ1) is 7.07. The smallest absolute Gasteiger partial charge is 0.231 e. The van der Waals surface area contributed by atoms with Gasteiger partial charge in [-0.25, -0.2) is 20.4 Å². The third kappa shape index (κ3) is 774. The molecule has 0 aromatic carbocycles. The number of aliphatic hydroxyl groups is 3. The minimum atomic E-state index is 0.250. The third-order valence-electron chi connectivity index (χ3n) is 0. The second-order valence-corrected chi connectivity index (χ2v) is 1.15. The van der Waals surface area contributed by atoms with Crippen LogP contribution in [0.1, 0.15) is 20.8 Å². The minimum absolute atomic E-state index is 0.250. The molecule has 0 saturated carbocycles. The van der Waals surface area contributed by atoms with Gasteiger partial charge in [0.1, 0.15) is 0 Å². The summed E-state index contributed by atoms with van der Waals surface area (Å²) < 4.78 is 0. The Hall–Kier alpha value is -1.36. The first kappa shape index (κ1) is 29.2. The zero-order valence-corrected chi connectivity index (χ0v) is 9.28. The number of nitrogens with one attached hydrogen (secondary N) is 2. The lowest BCUT2D eigenvalue weighted by molar-refractivity contribution is 0.318. The molecular formula is C8H20N2O5. The van der Waals surface area contributed by atoms with Crippen LogP contribution in [0.4, 0.5) is 0 Å². The number of isocyanates is 2. The highest BCUT2D eigenvalue weighted by molar-refractivity contribution is 5.26. The van der Waals surface area contributed by atoms with Crippen molar-refractivity contribution in [2.75, 3.05) is 19.8 Å². The molecule has 0 amide bonds. The minimum Gasteiger partial charge on any atom is -0.397 e. The standard InChI is InChI=1S/3C2H6O.2CHNO/c3*1-2-3;2*2-1-3/h3*3H,2H2,1H3;2*2H. The molecule has 0 aliphatic carbocycles. The first-order valence-electron chi connectivity index (χ1n) is 3.98. The van der Waals surface area contributed by atoms with Crippen LogP contribution in [0.25, 0.3) is 0 Å². The third-order valence-corrected chi connectivity index (χ3v) is 0. The summed E-state index contributed by atoms with van der Waals surface area (Å²) in [5.41, 5.74) is 0. The summed E-state index contributed by atoms with van der Waals surface area (Å²) in [5, 5.41) is 33.5. The Balaban J connectivity index is -0.0000000278. The lowest BCUT2D eigenvalue weighted by Crippen LogP contribution is -1.57. The fraction of sp³-hybridized carbons (Fsp3) is 0.750. The van der Waals surface area contributed by atoms with Crippen molar-refractivity contribution < 1.29 is 24.9 Å². The van der Waals surface area contributed by atoms with E-state index in [4.69, 9.17) is 35.7 Å². The summed E-state index contributed by atoms with van der Waals surface area (Å²) in [5.74, 6) is 0. The van der Waals surface area contributed by atoms with Gasteiger partial charge in [0.2, 0.25) is 12.2 Å². The van der Waals surface area contributed by atoms with Crippen LogP contribution in [0.5, 0.6) is 0 Å². The highest BCUT2D eigenvalue weighted by atomic mass is 16.3. The zero-order chi connectivity index (χ0) is 13.5. The molecule has 0 radical (unpaired) electrons. The van der Waals surface area contributed by atoms with Crippen molar-refractivity contribution in [2.45, 2.75) is 20.8 Å². The van der Waals surface area contributed by atoms with E-state index < -0.39 is 0 Å². The van der Waals surface area contributed by atoms with Crippen molar-refractivity contribution in [3.63, 3.8) is 0 Å². The number of rotatable bonds is 0. The van der Waals surface area contributed by atoms with Crippen LogP contribution < -0.4 is 0 Å². The van der Waals surface area contributed by atoms with Gasteiger partial charge in [-0.15, -0.1) is 0 Å². The van der Waals surface area contributed by atoms with E-state index in [0.717, 1.165) is 12.2 Å². The SMILES string of the molecule is CCO.CCO.CCO.N=C=O.N=C=O. The number of hydrogen-bond acceptors (Lipinski definition) is 7. The fourth-order valence-electron chi connectivity index (χ4n) is 0. The number of aliphatic hydroxyl groups excluding tert-OH is 3. The molecule has 0 aromatic heterocycles. The van der Waals surface area contributed by atoms with Gasteiger partial charge in [-0.3, -0.25) is 0 Å². The maximum Gasteiger partial charge on any atom is 0.231 e. The monoisotopic (exact) mass is 224 g/mol. The predicted molar refractivity (Wildman–Crippen MR) is 55.1 cm³/mol. The van der Waals surface area contributed by atoms with Gasteiger partial charge >= 0.3 is 0 Å². The van der Waals surface area contributed by atoms with Crippen molar-refractivity contribution in [3.8, 4) is 0 Å². The molecule has 0 aliphatic rings. The lowest BCUT2D eigenvalue weighted by atomic mass is 10.9. The molecule has 0 unspecified atom stereocenters. The Labute approximate surface area is 89.4 Å². The van der Waals surface area contributed by atoms with E-state index in [-0.39, 0.29) is 19.8 Å². The maximum absolute atomic E-state index is 8.35. The average molecular weight is 224 g/mol. The van der Waals surface area contributed by atoms with E-state index in [0.29, 0.717) is 0 Å². The molecule has 0 fully saturated rings. The molecule has 0 heterocycles. The summed E-state index contributed by atoms with van der Waals surface area (Å²) in [6.45, 7) is 5.79. The molecular weight excluding hydrogens is 204 g/mol. The van der Waals surface area contributed by atoms with E-state index in [9.17, 15) is 0 Å². The van der Waals surface area contributed by atoms with Crippen molar-refractivity contribution in [3.05, 3.63) is 0 Å².